The monoisotopic (exact) mass is 499 g/mol. The number of cyclic esters (lactones) is 1. The molecule has 2 heterocycles. The highest BCUT2D eigenvalue weighted by molar-refractivity contribution is 5.70. The van der Waals surface area contributed by atoms with E-state index in [-0.39, 0.29) is 31.6 Å². The van der Waals surface area contributed by atoms with Gasteiger partial charge in [-0.15, -0.1) is 0 Å². The molecule has 0 radical (unpaired) electrons. The first-order valence-electron chi connectivity index (χ1n) is 12.7. The van der Waals surface area contributed by atoms with Crippen molar-refractivity contribution in [3.63, 3.8) is 0 Å². The molecule has 2 rings (SSSR count). The number of carbonyl (C=O) groups excluding carboxylic acids is 1. The Kier molecular flexibility index (Phi) is 11.5. The van der Waals surface area contributed by atoms with Crippen LogP contribution in [0, 0.1) is 17.8 Å². The highest BCUT2D eigenvalue weighted by Crippen LogP contribution is 2.30. The summed E-state index contributed by atoms with van der Waals surface area (Å²) < 4.78 is 5.76. The topological polar surface area (TPSA) is 117 Å². The largest absolute Gasteiger partial charge is 0.481 e. The van der Waals surface area contributed by atoms with Crippen molar-refractivity contribution >= 4 is 11.9 Å². The summed E-state index contributed by atoms with van der Waals surface area (Å²) >= 11 is 0. The number of nitrogens with zero attached hydrogens (tertiary/aromatic N) is 1. The van der Waals surface area contributed by atoms with Crippen molar-refractivity contribution in [3.05, 3.63) is 66.0 Å². The van der Waals surface area contributed by atoms with Crippen LogP contribution in [0.1, 0.15) is 65.5 Å². The molecule has 0 aliphatic carbocycles. The Labute approximate surface area is 214 Å². The molecule has 6 atom stereocenters. The minimum Gasteiger partial charge on any atom is -0.481 e. The van der Waals surface area contributed by atoms with Crippen LogP contribution in [0.3, 0.4) is 0 Å². The van der Waals surface area contributed by atoms with Crippen molar-refractivity contribution in [2.24, 2.45) is 17.8 Å². The minimum atomic E-state index is -1.33. The number of aliphatic carboxylic acids is 1. The zero-order chi connectivity index (χ0) is 26.7. The standard InChI is InChI=1S/C29H41NO6/c1-20(11-14-24-10-5-6-17-30-24)8-7-9-21(2)28-22(3)12-13-23(18-26(32)33)29(4,35)16-15-25(31)19-27(34)36-28/h5-10,12-13,17,20,22-23,25,28,31,35H,11,14-16,18-19H2,1-4H3,(H,32,33)/b8-7+,13-12+,21-9+/t20?,22-,23+,25+,28+,29+/m0/s1. The number of carboxylic acid groups (broad SMARTS) is 1. The van der Waals surface area contributed by atoms with Gasteiger partial charge in [0.25, 0.3) is 0 Å². The smallest absolute Gasteiger partial charge is 0.309 e. The van der Waals surface area contributed by atoms with Gasteiger partial charge in [-0.3, -0.25) is 14.6 Å². The first kappa shape index (κ1) is 29.5. The van der Waals surface area contributed by atoms with E-state index in [1.165, 1.54) is 0 Å². The van der Waals surface area contributed by atoms with Gasteiger partial charge in [0.05, 0.1) is 24.5 Å². The highest BCUT2D eigenvalue weighted by atomic mass is 16.5. The number of aliphatic hydroxyl groups excluding tert-OH is 1. The predicted octanol–water partition coefficient (Wildman–Crippen LogP) is 4.64. The summed E-state index contributed by atoms with van der Waals surface area (Å²) in [6.07, 6.45) is 11.5. The van der Waals surface area contributed by atoms with Crippen molar-refractivity contribution in [2.45, 2.75) is 84.0 Å². The molecule has 7 heteroatoms. The van der Waals surface area contributed by atoms with Crippen LogP contribution in [0.5, 0.6) is 0 Å². The molecule has 36 heavy (non-hydrogen) atoms. The zero-order valence-electron chi connectivity index (χ0n) is 21.8. The van der Waals surface area contributed by atoms with E-state index in [1.807, 2.05) is 50.3 Å². The van der Waals surface area contributed by atoms with Crippen LogP contribution in [0.2, 0.25) is 0 Å². The van der Waals surface area contributed by atoms with E-state index in [2.05, 4.69) is 18.0 Å². The molecule has 0 amide bonds. The first-order chi connectivity index (χ1) is 17.0. The maximum Gasteiger partial charge on any atom is 0.309 e. The fourth-order valence-corrected chi connectivity index (χ4v) is 4.35. The zero-order valence-corrected chi connectivity index (χ0v) is 21.8. The van der Waals surface area contributed by atoms with Crippen LogP contribution < -0.4 is 0 Å². The summed E-state index contributed by atoms with van der Waals surface area (Å²) in [5.74, 6) is -2.07. The van der Waals surface area contributed by atoms with Gasteiger partial charge in [0.1, 0.15) is 6.10 Å². The lowest BCUT2D eigenvalue weighted by atomic mass is 9.80. The number of allylic oxidation sites excluding steroid dienone is 3. The molecule has 1 aromatic rings. The lowest BCUT2D eigenvalue weighted by Crippen LogP contribution is -2.37. The third-order valence-corrected chi connectivity index (χ3v) is 6.79. The third kappa shape index (κ3) is 10.1. The minimum absolute atomic E-state index is 0.167. The molecular weight excluding hydrogens is 458 g/mol. The number of aryl methyl sites for hydroxylation is 1. The van der Waals surface area contributed by atoms with Gasteiger partial charge < -0.3 is 20.1 Å². The Hall–Kier alpha value is -2.77. The van der Waals surface area contributed by atoms with Gasteiger partial charge >= 0.3 is 11.9 Å². The summed E-state index contributed by atoms with van der Waals surface area (Å²) in [6.45, 7) is 7.49. The maximum absolute atomic E-state index is 12.5. The number of hydrogen-bond acceptors (Lipinski definition) is 6. The molecule has 1 aromatic heterocycles. The number of aliphatic hydroxyl groups is 2. The van der Waals surface area contributed by atoms with Crippen LogP contribution in [0.15, 0.2) is 60.3 Å². The number of pyridine rings is 1. The van der Waals surface area contributed by atoms with Crippen molar-refractivity contribution in [3.8, 4) is 0 Å². The average Bonchev–Trinajstić information content (AvgIpc) is 2.82. The Morgan fingerprint density at radius 2 is 2.08 bits per heavy atom. The van der Waals surface area contributed by atoms with Crippen LogP contribution in [0.4, 0.5) is 0 Å². The van der Waals surface area contributed by atoms with Crippen LogP contribution in [-0.4, -0.2) is 50.1 Å². The summed E-state index contributed by atoms with van der Waals surface area (Å²) in [4.78, 5) is 28.3. The molecule has 198 valence electrons. The summed E-state index contributed by atoms with van der Waals surface area (Å²) in [5.41, 5.74) is 0.571. The fraction of sp³-hybridized carbons (Fsp3) is 0.552. The van der Waals surface area contributed by atoms with Gasteiger partial charge in [-0.25, -0.2) is 0 Å². The molecule has 0 bridgehead atoms. The second kappa shape index (κ2) is 14.1. The Balaban J connectivity index is 2.17. The van der Waals surface area contributed by atoms with Crippen molar-refractivity contribution in [1.29, 1.82) is 0 Å². The second-order valence-corrected chi connectivity index (χ2v) is 10.2. The molecule has 0 aromatic carbocycles. The number of hydrogen-bond donors (Lipinski definition) is 3. The van der Waals surface area contributed by atoms with E-state index >= 15 is 0 Å². The van der Waals surface area contributed by atoms with E-state index in [1.54, 1.807) is 19.2 Å². The maximum atomic E-state index is 12.5. The molecule has 1 unspecified atom stereocenters. The van der Waals surface area contributed by atoms with E-state index in [9.17, 15) is 24.9 Å². The van der Waals surface area contributed by atoms with Gasteiger partial charge in [0.15, 0.2) is 0 Å². The SMILES string of the molecule is C/C(=C\C=C\C(C)CCc1ccccn1)[C@H]1OC(=O)C[C@H](O)CC[C@@](C)(O)[C@@H](CC(=O)O)/C=C/[C@@H]1C. The highest BCUT2D eigenvalue weighted by Gasteiger charge is 2.34. The summed E-state index contributed by atoms with van der Waals surface area (Å²) in [6, 6.07) is 5.91. The van der Waals surface area contributed by atoms with E-state index in [4.69, 9.17) is 4.74 Å². The van der Waals surface area contributed by atoms with E-state index in [0.29, 0.717) is 5.92 Å². The molecule has 1 aliphatic rings. The lowest BCUT2D eigenvalue weighted by molar-refractivity contribution is -0.151. The number of carboxylic acids is 1. The quantitative estimate of drug-likeness (QED) is 0.271. The molecule has 7 nitrogen and oxygen atoms in total. The molecule has 3 N–H and O–H groups in total. The molecular formula is C29H41NO6. The Morgan fingerprint density at radius 3 is 2.75 bits per heavy atom. The second-order valence-electron chi connectivity index (χ2n) is 10.2. The molecule has 1 aliphatic heterocycles. The molecule has 0 saturated heterocycles. The normalized spacial score (nSPS) is 30.2. The molecule has 0 saturated carbocycles. The number of carbonyl (C=O) groups is 2. The Bertz CT molecular complexity index is 936. The predicted molar refractivity (Wildman–Crippen MR) is 139 cm³/mol. The van der Waals surface area contributed by atoms with Crippen LogP contribution in [0.25, 0.3) is 0 Å². The summed E-state index contributed by atoms with van der Waals surface area (Å²) in [5, 5.41) is 30.6. The first-order valence-corrected chi connectivity index (χ1v) is 12.7. The van der Waals surface area contributed by atoms with Crippen molar-refractivity contribution in [1.82, 2.24) is 4.98 Å². The van der Waals surface area contributed by atoms with Crippen LogP contribution >= 0.6 is 0 Å². The fourth-order valence-electron chi connectivity index (χ4n) is 4.35. The number of ether oxygens (including phenoxy) is 1. The average molecular weight is 500 g/mol. The van der Waals surface area contributed by atoms with E-state index in [0.717, 1.165) is 24.1 Å². The lowest BCUT2D eigenvalue weighted by Gasteiger charge is -2.32. The van der Waals surface area contributed by atoms with Crippen molar-refractivity contribution < 1.29 is 29.6 Å². The van der Waals surface area contributed by atoms with Gasteiger partial charge in [-0.05, 0) is 63.2 Å². The molecule has 0 fully saturated rings. The number of aromatic nitrogens is 1. The van der Waals surface area contributed by atoms with Gasteiger partial charge in [-0.2, -0.15) is 0 Å². The van der Waals surface area contributed by atoms with Gasteiger partial charge in [-0.1, -0.05) is 50.3 Å². The summed E-state index contributed by atoms with van der Waals surface area (Å²) in [7, 11) is 0. The molecule has 0 spiro atoms. The number of rotatable bonds is 8. The van der Waals surface area contributed by atoms with E-state index < -0.39 is 35.7 Å². The van der Waals surface area contributed by atoms with Crippen molar-refractivity contribution in [2.75, 3.05) is 0 Å². The number of esters is 1. The Morgan fingerprint density at radius 1 is 1.33 bits per heavy atom. The van der Waals surface area contributed by atoms with Gasteiger partial charge in [0, 0.05) is 23.7 Å². The third-order valence-electron chi connectivity index (χ3n) is 6.79. The van der Waals surface area contributed by atoms with Gasteiger partial charge in [0.2, 0.25) is 0 Å². The van der Waals surface area contributed by atoms with Crippen LogP contribution in [-0.2, 0) is 20.7 Å².